The maximum Gasteiger partial charge on any atom is 0.401 e. The van der Waals surface area contributed by atoms with Crippen LogP contribution in [0.4, 0.5) is 13.2 Å². The van der Waals surface area contributed by atoms with Crippen LogP contribution >= 0.6 is 11.6 Å². The predicted molar refractivity (Wildman–Crippen MR) is 101 cm³/mol. The van der Waals surface area contributed by atoms with Crippen LogP contribution in [0.3, 0.4) is 0 Å². The van der Waals surface area contributed by atoms with Gasteiger partial charge in [0.1, 0.15) is 0 Å². The number of nitrogens with zero attached hydrogens (tertiary/aromatic N) is 2. The molecule has 1 fully saturated rings. The summed E-state index contributed by atoms with van der Waals surface area (Å²) in [5.74, 6) is 0.191. The van der Waals surface area contributed by atoms with Crippen molar-refractivity contribution in [3.05, 3.63) is 29.3 Å². The topological polar surface area (TPSA) is 40.6 Å². The lowest BCUT2D eigenvalue weighted by Crippen LogP contribution is -2.56. The molecule has 27 heavy (non-hydrogen) atoms. The molecule has 1 atom stereocenters. The molecular weight excluding hydrogens is 401 g/mol. The van der Waals surface area contributed by atoms with Crippen LogP contribution in [0.15, 0.2) is 29.2 Å². The Morgan fingerprint density at radius 1 is 1.19 bits per heavy atom. The Bertz CT molecular complexity index is 708. The lowest BCUT2D eigenvalue weighted by Gasteiger charge is -2.43. The van der Waals surface area contributed by atoms with Crippen LogP contribution in [0, 0.1) is 5.92 Å². The third kappa shape index (κ3) is 6.93. The van der Waals surface area contributed by atoms with E-state index >= 15 is 0 Å². The van der Waals surface area contributed by atoms with Crippen LogP contribution < -0.4 is 0 Å². The average molecular weight is 427 g/mol. The minimum atomic E-state index is -4.20. The number of halogens is 4. The molecule has 0 N–H and O–H groups in total. The number of piperazine rings is 1. The number of hydrogen-bond donors (Lipinski definition) is 0. The van der Waals surface area contributed by atoms with Gasteiger partial charge in [0.15, 0.2) is 9.84 Å². The highest BCUT2D eigenvalue weighted by molar-refractivity contribution is 7.91. The number of sulfone groups is 1. The highest BCUT2D eigenvalue weighted by Crippen LogP contribution is 2.23. The van der Waals surface area contributed by atoms with Crippen molar-refractivity contribution in [1.82, 2.24) is 9.80 Å². The van der Waals surface area contributed by atoms with E-state index in [1.165, 1.54) is 17.0 Å². The second-order valence-electron chi connectivity index (χ2n) is 7.32. The first-order chi connectivity index (χ1) is 12.5. The fourth-order valence-corrected chi connectivity index (χ4v) is 4.85. The molecule has 0 amide bonds. The number of alkyl halides is 3. The molecule has 9 heteroatoms. The van der Waals surface area contributed by atoms with E-state index in [4.69, 9.17) is 11.6 Å². The lowest BCUT2D eigenvalue weighted by atomic mass is 9.99. The summed E-state index contributed by atoms with van der Waals surface area (Å²) >= 11 is 5.79. The molecule has 1 aliphatic rings. The smallest absolute Gasteiger partial charge is 0.298 e. The van der Waals surface area contributed by atoms with Gasteiger partial charge in [-0.2, -0.15) is 13.2 Å². The normalized spacial score (nSPS) is 20.3. The Labute approximate surface area is 164 Å². The molecule has 0 aromatic heterocycles. The van der Waals surface area contributed by atoms with Gasteiger partial charge in [0.25, 0.3) is 0 Å². The highest BCUT2D eigenvalue weighted by atomic mass is 35.5. The van der Waals surface area contributed by atoms with Gasteiger partial charge < -0.3 is 0 Å². The van der Waals surface area contributed by atoms with E-state index in [0.29, 0.717) is 37.6 Å². The van der Waals surface area contributed by atoms with Gasteiger partial charge in [-0.15, -0.1) is 0 Å². The Hall–Kier alpha value is -0.830. The standard InChI is InChI=1S/C18H26ClF3N2O2S/c1-14(2)17-12-23(13-18(20,21)22)9-10-24(17)8-3-11-27(25,26)16-6-4-15(19)5-7-16/h4-7,14,17H,3,8-13H2,1-2H3. The molecule has 0 radical (unpaired) electrons. The molecule has 0 saturated carbocycles. The van der Waals surface area contributed by atoms with Gasteiger partial charge in [0.2, 0.25) is 0 Å². The predicted octanol–water partition coefficient (Wildman–Crippen LogP) is 3.71. The van der Waals surface area contributed by atoms with Gasteiger partial charge in [0.05, 0.1) is 17.2 Å². The van der Waals surface area contributed by atoms with E-state index < -0.39 is 22.6 Å². The van der Waals surface area contributed by atoms with Gasteiger partial charge in [-0.1, -0.05) is 25.4 Å². The Morgan fingerprint density at radius 3 is 2.37 bits per heavy atom. The van der Waals surface area contributed by atoms with Crippen molar-refractivity contribution >= 4 is 21.4 Å². The van der Waals surface area contributed by atoms with Crippen molar-refractivity contribution in [3.8, 4) is 0 Å². The van der Waals surface area contributed by atoms with Gasteiger partial charge in [0, 0.05) is 30.7 Å². The molecule has 2 rings (SSSR count). The van der Waals surface area contributed by atoms with Gasteiger partial charge in [-0.25, -0.2) is 8.42 Å². The minimum absolute atomic E-state index is 0.00220. The second kappa shape index (κ2) is 9.11. The van der Waals surface area contributed by atoms with E-state index in [9.17, 15) is 21.6 Å². The van der Waals surface area contributed by atoms with E-state index in [0.717, 1.165) is 0 Å². The number of rotatable bonds is 7. The summed E-state index contributed by atoms with van der Waals surface area (Å²) in [5, 5.41) is 0.477. The molecule has 1 aromatic rings. The van der Waals surface area contributed by atoms with Crippen LogP contribution in [-0.4, -0.2) is 68.9 Å². The van der Waals surface area contributed by atoms with Crippen molar-refractivity contribution in [3.63, 3.8) is 0 Å². The third-order valence-electron chi connectivity index (χ3n) is 4.82. The zero-order valence-electron chi connectivity index (χ0n) is 15.5. The maximum atomic E-state index is 12.7. The minimum Gasteiger partial charge on any atom is -0.298 e. The Morgan fingerprint density at radius 2 is 1.81 bits per heavy atom. The van der Waals surface area contributed by atoms with Gasteiger partial charge in [-0.3, -0.25) is 9.80 Å². The van der Waals surface area contributed by atoms with Crippen molar-refractivity contribution in [2.45, 2.75) is 37.4 Å². The summed E-state index contributed by atoms with van der Waals surface area (Å²) in [6, 6.07) is 6.06. The van der Waals surface area contributed by atoms with Crippen molar-refractivity contribution in [1.29, 1.82) is 0 Å². The summed E-state index contributed by atoms with van der Waals surface area (Å²) < 4.78 is 62.8. The molecule has 1 unspecified atom stereocenters. The van der Waals surface area contributed by atoms with Crippen molar-refractivity contribution < 1.29 is 21.6 Å². The molecule has 1 aliphatic heterocycles. The SMILES string of the molecule is CC(C)C1CN(CC(F)(F)F)CCN1CCCS(=O)(=O)c1ccc(Cl)cc1. The monoisotopic (exact) mass is 426 g/mol. The number of benzene rings is 1. The zero-order chi connectivity index (χ0) is 20.2. The molecule has 154 valence electrons. The van der Waals surface area contributed by atoms with Crippen molar-refractivity contribution in [2.75, 3.05) is 38.5 Å². The maximum absolute atomic E-state index is 12.7. The quantitative estimate of drug-likeness (QED) is 0.666. The molecule has 0 spiro atoms. The summed E-state index contributed by atoms with van der Waals surface area (Å²) in [7, 11) is -3.39. The van der Waals surface area contributed by atoms with Crippen LogP contribution in [0.5, 0.6) is 0 Å². The Balaban J connectivity index is 1.91. The van der Waals surface area contributed by atoms with E-state index in [2.05, 4.69) is 4.90 Å². The van der Waals surface area contributed by atoms with E-state index in [1.54, 1.807) is 12.1 Å². The van der Waals surface area contributed by atoms with Crippen LogP contribution in [0.2, 0.25) is 5.02 Å². The molecule has 0 bridgehead atoms. The fraction of sp³-hybridized carbons (Fsp3) is 0.667. The largest absolute Gasteiger partial charge is 0.401 e. The molecule has 4 nitrogen and oxygen atoms in total. The Kier molecular flexibility index (Phi) is 7.58. The summed E-state index contributed by atoms with van der Waals surface area (Å²) in [6.07, 6.45) is -3.76. The molecule has 0 aliphatic carbocycles. The first kappa shape index (κ1) is 22.5. The van der Waals surface area contributed by atoms with Gasteiger partial charge >= 0.3 is 6.18 Å². The molecule has 1 aromatic carbocycles. The van der Waals surface area contributed by atoms with Crippen molar-refractivity contribution in [2.24, 2.45) is 5.92 Å². The van der Waals surface area contributed by atoms with Crippen LogP contribution in [-0.2, 0) is 9.84 Å². The lowest BCUT2D eigenvalue weighted by molar-refractivity contribution is -0.152. The molecule has 1 saturated heterocycles. The molecule has 1 heterocycles. The average Bonchev–Trinajstić information content (AvgIpc) is 2.54. The van der Waals surface area contributed by atoms with Crippen LogP contribution in [0.25, 0.3) is 0 Å². The first-order valence-corrected chi connectivity index (χ1v) is 11.0. The summed E-state index contributed by atoms with van der Waals surface area (Å²) in [5.41, 5.74) is 0. The third-order valence-corrected chi connectivity index (χ3v) is 6.89. The highest BCUT2D eigenvalue weighted by Gasteiger charge is 2.36. The molecular formula is C18H26ClF3N2O2S. The fourth-order valence-electron chi connectivity index (χ4n) is 3.43. The number of hydrogen-bond acceptors (Lipinski definition) is 4. The zero-order valence-corrected chi connectivity index (χ0v) is 17.1. The van der Waals surface area contributed by atoms with Crippen LogP contribution in [0.1, 0.15) is 20.3 Å². The summed E-state index contributed by atoms with van der Waals surface area (Å²) in [6.45, 7) is 4.83. The van der Waals surface area contributed by atoms with Gasteiger partial charge in [-0.05, 0) is 43.1 Å². The second-order valence-corrected chi connectivity index (χ2v) is 9.87. The first-order valence-electron chi connectivity index (χ1n) is 8.99. The van der Waals surface area contributed by atoms with E-state index in [1.807, 2.05) is 13.8 Å². The summed E-state index contributed by atoms with van der Waals surface area (Å²) in [4.78, 5) is 3.79. The van der Waals surface area contributed by atoms with E-state index in [-0.39, 0.29) is 22.6 Å².